The third-order valence-electron chi connectivity index (χ3n) is 6.38. The molecule has 0 aliphatic heterocycles. The molecule has 0 radical (unpaired) electrons. The van der Waals surface area contributed by atoms with E-state index in [4.69, 9.17) is 0 Å². The maximum atomic E-state index is 12.3. The summed E-state index contributed by atoms with van der Waals surface area (Å²) in [5, 5.41) is 9.39. The van der Waals surface area contributed by atoms with Crippen molar-refractivity contribution in [2.45, 2.75) is 117 Å². The van der Waals surface area contributed by atoms with Crippen molar-refractivity contribution >= 4 is 34.6 Å². The topological polar surface area (TPSA) is 96.0 Å². The van der Waals surface area contributed by atoms with Gasteiger partial charge in [-0.25, -0.2) is 14.8 Å². The summed E-state index contributed by atoms with van der Waals surface area (Å²) >= 11 is 0. The van der Waals surface area contributed by atoms with Crippen molar-refractivity contribution in [2.24, 2.45) is 0 Å². The average Bonchev–Trinajstić information content (AvgIpc) is 2.87. The number of fused-ring (bicyclic) bond motifs is 1. The van der Waals surface area contributed by atoms with E-state index in [9.17, 15) is 9.59 Å². The standard InChI is InChI=1S/C29H47N5O2/c1-3-5-7-9-11-12-13-14-16-18-27(35)31-25-21-19-24-20-22-26(33-28(24)32-25)34-29(36)30-23-17-15-10-8-6-4-2/h19-22H,3-18,23H2,1-2H3,(H3,30,31,32,33,34,35,36). The number of nitrogens with one attached hydrogen (secondary N) is 3. The van der Waals surface area contributed by atoms with Gasteiger partial charge in [-0.05, 0) is 37.1 Å². The summed E-state index contributed by atoms with van der Waals surface area (Å²) in [5.74, 6) is 0.905. The number of carbonyl (C=O) groups excluding carboxylic acids is 2. The SMILES string of the molecule is CCCCCCCCCCCC(=O)Nc1ccc2ccc(NC(=O)NCCCCCCCC)nc2n1. The van der Waals surface area contributed by atoms with Crippen LogP contribution in [0.25, 0.3) is 11.0 Å². The van der Waals surface area contributed by atoms with Crippen molar-refractivity contribution in [1.82, 2.24) is 15.3 Å². The maximum absolute atomic E-state index is 12.3. The maximum Gasteiger partial charge on any atom is 0.320 e. The Balaban J connectivity index is 1.69. The molecule has 2 aromatic rings. The van der Waals surface area contributed by atoms with Gasteiger partial charge in [-0.15, -0.1) is 0 Å². The van der Waals surface area contributed by atoms with Crippen LogP contribution in [0.5, 0.6) is 0 Å². The van der Waals surface area contributed by atoms with Crippen LogP contribution in [0.3, 0.4) is 0 Å². The van der Waals surface area contributed by atoms with Gasteiger partial charge in [0.2, 0.25) is 5.91 Å². The van der Waals surface area contributed by atoms with Gasteiger partial charge in [0.25, 0.3) is 0 Å². The van der Waals surface area contributed by atoms with Gasteiger partial charge in [0.15, 0.2) is 5.65 Å². The summed E-state index contributed by atoms with van der Waals surface area (Å²) < 4.78 is 0. The van der Waals surface area contributed by atoms with Crippen molar-refractivity contribution in [3.05, 3.63) is 24.3 Å². The van der Waals surface area contributed by atoms with Gasteiger partial charge < -0.3 is 10.6 Å². The molecular weight excluding hydrogens is 450 g/mol. The van der Waals surface area contributed by atoms with Crippen LogP contribution in [0.1, 0.15) is 117 Å². The minimum absolute atomic E-state index is 0.0202. The van der Waals surface area contributed by atoms with Gasteiger partial charge in [-0.1, -0.05) is 97.3 Å². The van der Waals surface area contributed by atoms with Gasteiger partial charge in [-0.3, -0.25) is 10.1 Å². The molecule has 0 unspecified atom stereocenters. The summed E-state index contributed by atoms with van der Waals surface area (Å²) in [5.41, 5.74) is 0.490. The number of amides is 3. The fraction of sp³-hybridized carbons (Fsp3) is 0.655. The number of urea groups is 1. The molecule has 0 bridgehead atoms. The Morgan fingerprint density at radius 3 is 1.72 bits per heavy atom. The third-order valence-corrected chi connectivity index (χ3v) is 6.38. The van der Waals surface area contributed by atoms with Crippen LogP contribution in [0, 0.1) is 0 Å². The first-order valence-electron chi connectivity index (χ1n) is 14.2. The number of nitrogens with zero attached hydrogens (tertiary/aromatic N) is 2. The molecular formula is C29H47N5O2. The van der Waals surface area contributed by atoms with E-state index in [1.54, 1.807) is 12.1 Å². The second-order valence-electron chi connectivity index (χ2n) is 9.71. The van der Waals surface area contributed by atoms with Crippen LogP contribution < -0.4 is 16.0 Å². The average molecular weight is 498 g/mol. The normalized spacial score (nSPS) is 10.9. The van der Waals surface area contributed by atoms with E-state index in [0.29, 0.717) is 30.2 Å². The number of anilines is 2. The molecule has 2 rings (SSSR count). The van der Waals surface area contributed by atoms with E-state index < -0.39 is 0 Å². The Kier molecular flexibility index (Phi) is 15.2. The minimum atomic E-state index is -0.263. The highest BCUT2D eigenvalue weighted by Crippen LogP contribution is 2.17. The van der Waals surface area contributed by atoms with Gasteiger partial charge >= 0.3 is 6.03 Å². The zero-order valence-corrected chi connectivity index (χ0v) is 22.5. The Hall–Kier alpha value is -2.70. The highest BCUT2D eigenvalue weighted by atomic mass is 16.2. The monoisotopic (exact) mass is 497 g/mol. The van der Waals surface area contributed by atoms with E-state index in [0.717, 1.165) is 31.1 Å². The molecule has 0 saturated carbocycles. The third kappa shape index (κ3) is 12.8. The first kappa shape index (κ1) is 29.5. The Labute approximate surface area is 217 Å². The predicted octanol–water partition coefficient (Wildman–Crippen LogP) is 7.97. The second-order valence-corrected chi connectivity index (χ2v) is 9.71. The van der Waals surface area contributed by atoms with E-state index in [-0.39, 0.29) is 11.9 Å². The lowest BCUT2D eigenvalue weighted by Gasteiger charge is -2.09. The fourth-order valence-electron chi connectivity index (χ4n) is 4.21. The van der Waals surface area contributed by atoms with Gasteiger partial charge in [-0.2, -0.15) is 0 Å². The van der Waals surface area contributed by atoms with E-state index in [1.807, 2.05) is 12.1 Å². The zero-order chi connectivity index (χ0) is 25.8. The number of pyridine rings is 2. The van der Waals surface area contributed by atoms with Crippen LogP contribution in [0.2, 0.25) is 0 Å². The van der Waals surface area contributed by atoms with E-state index in [1.165, 1.54) is 70.6 Å². The number of hydrogen-bond acceptors (Lipinski definition) is 4. The molecule has 0 spiro atoms. The molecule has 7 nitrogen and oxygen atoms in total. The van der Waals surface area contributed by atoms with Crippen LogP contribution in [0.4, 0.5) is 16.4 Å². The van der Waals surface area contributed by atoms with Crippen LogP contribution >= 0.6 is 0 Å². The minimum Gasteiger partial charge on any atom is -0.338 e. The molecule has 2 aromatic heterocycles. The van der Waals surface area contributed by atoms with Crippen molar-refractivity contribution in [2.75, 3.05) is 17.2 Å². The molecule has 7 heteroatoms. The van der Waals surface area contributed by atoms with E-state index >= 15 is 0 Å². The summed E-state index contributed by atoms with van der Waals surface area (Å²) in [6.07, 6.45) is 18.6. The van der Waals surface area contributed by atoms with Crippen LogP contribution in [-0.2, 0) is 4.79 Å². The summed E-state index contributed by atoms with van der Waals surface area (Å²) in [7, 11) is 0. The number of unbranched alkanes of at least 4 members (excludes halogenated alkanes) is 13. The summed E-state index contributed by atoms with van der Waals surface area (Å²) in [6, 6.07) is 7.04. The molecule has 2 heterocycles. The lowest BCUT2D eigenvalue weighted by Crippen LogP contribution is -2.29. The molecule has 3 N–H and O–H groups in total. The second kappa shape index (κ2) is 18.6. The van der Waals surface area contributed by atoms with Crippen molar-refractivity contribution in [3.63, 3.8) is 0 Å². The molecule has 36 heavy (non-hydrogen) atoms. The van der Waals surface area contributed by atoms with Crippen LogP contribution in [0.15, 0.2) is 24.3 Å². The fourth-order valence-corrected chi connectivity index (χ4v) is 4.21. The van der Waals surface area contributed by atoms with Crippen molar-refractivity contribution < 1.29 is 9.59 Å². The summed E-state index contributed by atoms with van der Waals surface area (Å²) in [6.45, 7) is 5.10. The summed E-state index contributed by atoms with van der Waals surface area (Å²) in [4.78, 5) is 33.4. The Morgan fingerprint density at radius 1 is 0.639 bits per heavy atom. The molecule has 200 valence electrons. The predicted molar refractivity (Wildman–Crippen MR) is 150 cm³/mol. The Morgan fingerprint density at radius 2 is 1.14 bits per heavy atom. The lowest BCUT2D eigenvalue weighted by molar-refractivity contribution is -0.116. The Bertz CT molecular complexity index is 902. The zero-order valence-electron chi connectivity index (χ0n) is 22.5. The molecule has 0 aliphatic rings. The molecule has 0 atom stereocenters. The number of carbonyl (C=O) groups is 2. The van der Waals surface area contributed by atoms with Crippen LogP contribution in [-0.4, -0.2) is 28.5 Å². The lowest BCUT2D eigenvalue weighted by atomic mass is 10.1. The largest absolute Gasteiger partial charge is 0.338 e. The first-order chi connectivity index (χ1) is 17.6. The van der Waals surface area contributed by atoms with Gasteiger partial charge in [0.05, 0.1) is 0 Å². The van der Waals surface area contributed by atoms with E-state index in [2.05, 4.69) is 39.8 Å². The molecule has 0 fully saturated rings. The molecule has 3 amide bonds. The first-order valence-corrected chi connectivity index (χ1v) is 14.2. The van der Waals surface area contributed by atoms with Gasteiger partial charge in [0, 0.05) is 18.4 Å². The molecule has 0 saturated heterocycles. The highest BCUT2D eigenvalue weighted by Gasteiger charge is 2.08. The number of hydrogen-bond donors (Lipinski definition) is 3. The number of aromatic nitrogens is 2. The quantitative estimate of drug-likeness (QED) is 0.171. The van der Waals surface area contributed by atoms with Crippen molar-refractivity contribution in [3.8, 4) is 0 Å². The molecule has 0 aromatic carbocycles. The smallest absolute Gasteiger partial charge is 0.320 e. The molecule has 0 aliphatic carbocycles. The number of rotatable bonds is 19. The van der Waals surface area contributed by atoms with Crippen molar-refractivity contribution in [1.29, 1.82) is 0 Å². The highest BCUT2D eigenvalue weighted by molar-refractivity contribution is 5.92. The van der Waals surface area contributed by atoms with Gasteiger partial charge in [0.1, 0.15) is 11.6 Å².